The Labute approximate surface area is 810 Å². The predicted molar refractivity (Wildman–Crippen MR) is 444 cm³/mol. The van der Waals surface area contributed by atoms with Gasteiger partial charge in [-0.3, -0.25) is 33.6 Å². The van der Waals surface area contributed by atoms with Gasteiger partial charge < -0.3 is 280 Å². The number of aliphatic hydroxyl groups excluding tert-OH is 28. The Bertz CT molecular complexity index is 4050. The Balaban J connectivity index is 1.08. The van der Waals surface area contributed by atoms with Gasteiger partial charge in [0.2, 0.25) is 41.4 Å². The van der Waals surface area contributed by atoms with Crippen LogP contribution in [0.25, 0.3) is 0 Å². The van der Waals surface area contributed by atoms with Crippen LogP contribution >= 0.6 is 0 Å². The lowest BCUT2D eigenvalue weighted by molar-refractivity contribution is -0.413. The van der Waals surface area contributed by atoms with Gasteiger partial charge in [-0.2, -0.15) is 0 Å². The first kappa shape index (κ1) is 118. The summed E-state index contributed by atoms with van der Waals surface area (Å²) in [6, 6.07) is -13.8. The van der Waals surface area contributed by atoms with Crippen molar-refractivity contribution in [1.29, 1.82) is 0 Å². The Morgan fingerprint density at radius 1 is 0.182 bits per heavy atom. The van der Waals surface area contributed by atoms with E-state index in [-0.39, 0.29) is 0 Å². The number of rotatable bonds is 38. The number of amides is 7. The molecule has 63 heteroatoms. The van der Waals surface area contributed by atoms with Gasteiger partial charge in [-0.25, -0.2) is 0 Å². The highest BCUT2D eigenvalue weighted by Gasteiger charge is 2.64. The maximum atomic E-state index is 13.8. The zero-order valence-electron chi connectivity index (χ0n) is 77.5. The van der Waals surface area contributed by atoms with E-state index >= 15 is 0 Å². The van der Waals surface area contributed by atoms with E-state index in [0.29, 0.717) is 0 Å². The number of carbonyl (C=O) groups is 7. The summed E-state index contributed by atoms with van der Waals surface area (Å²) < 4.78 is 130. The van der Waals surface area contributed by atoms with Crippen LogP contribution in [0.3, 0.4) is 0 Å². The van der Waals surface area contributed by atoms with Crippen molar-refractivity contribution in [3.8, 4) is 0 Å². The summed E-state index contributed by atoms with van der Waals surface area (Å²) in [7, 11) is 0. The average molecular weight is 2090 g/mol. The van der Waals surface area contributed by atoms with Gasteiger partial charge in [0.15, 0.2) is 69.2 Å². The van der Waals surface area contributed by atoms with Gasteiger partial charge in [0.1, 0.15) is 268 Å². The van der Waals surface area contributed by atoms with Gasteiger partial charge in [0.25, 0.3) is 0 Å². The topological polar surface area (TPSA) is 964 Å². The molecule has 0 aromatic carbocycles. The van der Waals surface area contributed by atoms with Crippen LogP contribution in [0.4, 0.5) is 0 Å². The van der Waals surface area contributed by atoms with Crippen molar-refractivity contribution in [2.45, 2.75) is 386 Å². The molecule has 7 amide bonds. The van der Waals surface area contributed by atoms with E-state index in [2.05, 4.69) is 37.2 Å². The van der Waals surface area contributed by atoms with Crippen LogP contribution in [0, 0.1) is 0 Å². The third-order valence-electron chi connectivity index (χ3n) is 25.8. The van der Waals surface area contributed by atoms with Gasteiger partial charge >= 0.3 is 0 Å². The van der Waals surface area contributed by atoms with Gasteiger partial charge in [-0.15, -0.1) is 0 Å². The summed E-state index contributed by atoms with van der Waals surface area (Å²) >= 11 is 0. The van der Waals surface area contributed by atoms with Gasteiger partial charge in [0, 0.05) is 48.5 Å². The van der Waals surface area contributed by atoms with Gasteiger partial charge in [0.05, 0.1) is 72.7 Å². The summed E-state index contributed by atoms with van der Waals surface area (Å²) in [4.78, 5) is 91.4. The molecule has 55 atom stereocenters. The van der Waals surface area contributed by atoms with Gasteiger partial charge in [-0.05, 0) is 0 Å². The summed E-state index contributed by atoms with van der Waals surface area (Å²) in [5, 5.41) is 337. The van der Waals surface area contributed by atoms with Crippen LogP contribution in [0.1, 0.15) is 48.5 Å². The first-order chi connectivity index (χ1) is 67.6. The highest BCUT2D eigenvalue weighted by Crippen LogP contribution is 2.43. The minimum atomic E-state index is -2.91. The molecule has 143 heavy (non-hydrogen) atoms. The van der Waals surface area contributed by atoms with E-state index in [1.165, 1.54) is 0 Å². The lowest BCUT2D eigenvalue weighted by Crippen LogP contribution is -2.72. The molecule has 0 bridgehead atoms. The van der Waals surface area contributed by atoms with E-state index in [1.54, 1.807) is 0 Å². The molecule has 0 aromatic heterocycles. The predicted octanol–water partition coefficient (Wildman–Crippen LogP) is -24.0. The molecule has 0 saturated carbocycles. The Hall–Kier alpha value is -5.67. The lowest BCUT2D eigenvalue weighted by Gasteiger charge is -2.53. The number of hydrogen-bond donors (Lipinski definition) is 35. The standard InChI is InChI=1S/C80H133N7O56/c1-19(97)81-37-54(114)62(31(13-93)125-70(37)122)136-75-42(86-24(6)102)56(116)64(33(15-95)131-75)139-78-61(121)67(141-80-69(143-74-41(85-23(5)101)53(113)47(107)29(11-91)129-74)60(120)65(34(16-96)133-80)137-76-43(87-25(7)103)55(115)63(32(14-94)132-76)138-77-59(119)57(117)48(108)30(12-92)130-77)66(140-72-39(83-21(3)99)51(111)45(105)27(9-89)127-72)36(135-78)18-124-79-68(142-73-40(84-22(4)100)52(112)46(106)28(10-90)128-73)58(118)49(109)35(134-79)17-123-71-38(82-20(2)98)50(110)44(104)26(8-88)126-71/h26-80,88-96,104-122H,8-18H2,1-7H3,(H,81,97)(H,82,98)(H,83,99)(H,84,100)(H,85,101)(H,86,102)(H,87,103)/t26-,27-,28-,29-,30-,31-,32-,33-,34-,35-,36-,37-,38-,39-,40-,41-,42-,43-,44-,45-,46-,47-,48+,49-,50-,51-,52-,53-,54-,55-,56-,57+,58+,59-,60+,61+,62-,63-,64-,65-,66-,67-,68+,69+,70-,71-,72+,73+,74+,75+,76+,77+,78+,79+,80-/m1/s1. The van der Waals surface area contributed by atoms with Crippen LogP contribution in [0.2, 0.25) is 0 Å². The molecule has 35 N–H and O–H groups in total. The molecule has 0 unspecified atom stereocenters. The van der Waals surface area contributed by atoms with Crippen molar-refractivity contribution in [3.05, 3.63) is 0 Å². The zero-order chi connectivity index (χ0) is 105. The first-order valence-corrected chi connectivity index (χ1v) is 45.6. The summed E-state index contributed by atoms with van der Waals surface area (Å²) in [6.45, 7) is -6.96. The second kappa shape index (κ2) is 51.9. The molecular weight excluding hydrogens is 1950 g/mol. The van der Waals surface area contributed by atoms with Crippen LogP contribution in [0.15, 0.2) is 0 Å². The number of nitrogens with one attached hydrogen (secondary N) is 7. The lowest BCUT2D eigenvalue weighted by atomic mass is 9.93. The fourth-order valence-electron chi connectivity index (χ4n) is 18.5. The molecule has 0 aromatic rings. The molecule has 11 rings (SSSR count). The largest absolute Gasteiger partial charge is 0.394 e. The number of hydrogen-bond acceptors (Lipinski definition) is 56. The fraction of sp³-hybridized carbons (Fsp3) is 0.912. The SMILES string of the molecule is CC(=O)N[C@@H]1[C@@H](O)[C@H](O[C@@H]2O[C@H](CO)[C@@H](O[C@@H]3O[C@H](CO[C@H]4O[C@H](CO[C@@H]5O[C@H](CO)[C@@H](O)[C@H](O)[C@H]5NC(C)=O)[C@@H](O)[C@H](O)[C@@H]4O[C@@H]4O[C@H](CO)[C@@H](O)[C@H](O)[C@H]4NC(C)=O)[C@@H](O[C@@H]4O[C@H](CO)[C@@H](O)[C@H](O)[C@H]4NC(C)=O)[C@H](O[C@H]4O[C@H](CO)[C@@H](O[C@@H]5O[C@H](CO)[C@@H](O[C@@H]6O[C@H](CO)[C@H](O)[C@H](O)[C@H]6O)[C@H](O)[C@H]5NC(C)=O)[C@H](O)[C@@H]4O[C@@H]4O[C@H](CO)[C@@H](O)[C@H](O)[C@H]4NC(C)=O)[C@@H]3O)[C@H](O)[C@H]2NC(C)=O)[C@@H](CO)O[C@H]1O. The van der Waals surface area contributed by atoms with Crippen LogP contribution < -0.4 is 37.2 Å². The Kier molecular flexibility index (Phi) is 42.7. The maximum absolute atomic E-state index is 13.8. The molecule has 11 saturated heterocycles. The minimum Gasteiger partial charge on any atom is -0.394 e. The van der Waals surface area contributed by atoms with Crippen molar-refractivity contribution in [3.63, 3.8) is 0 Å². The Morgan fingerprint density at radius 3 is 0.769 bits per heavy atom. The van der Waals surface area contributed by atoms with E-state index in [4.69, 9.17) is 99.5 Å². The van der Waals surface area contributed by atoms with E-state index in [9.17, 15) is 177 Å². The number of carbonyl (C=O) groups excluding carboxylic acids is 7. The van der Waals surface area contributed by atoms with Crippen molar-refractivity contribution >= 4 is 41.4 Å². The normalized spacial score (nSPS) is 47.3. The van der Waals surface area contributed by atoms with Crippen LogP contribution in [-0.4, -0.2) is 594 Å². The number of aliphatic hydroxyl groups is 28. The van der Waals surface area contributed by atoms with Crippen molar-refractivity contribution in [2.75, 3.05) is 72.7 Å². The molecule has 0 spiro atoms. The summed E-state index contributed by atoms with van der Waals surface area (Å²) in [5.74, 6) is -6.87. The minimum absolute atomic E-state index is 0.854. The molecule has 0 aliphatic carbocycles. The highest BCUT2D eigenvalue weighted by atomic mass is 16.8. The van der Waals surface area contributed by atoms with Crippen molar-refractivity contribution in [2.24, 2.45) is 0 Å². The quantitative estimate of drug-likeness (QED) is 0.0273. The van der Waals surface area contributed by atoms with Crippen LogP contribution in [-0.2, 0) is 133 Å². The summed E-state index contributed by atoms with van der Waals surface area (Å²) in [6.07, 6.45) is -108. The zero-order valence-corrected chi connectivity index (χ0v) is 77.5. The average Bonchev–Trinajstić information content (AvgIpc) is 0.728. The smallest absolute Gasteiger partial charge is 0.217 e. The molecule has 11 fully saturated rings. The maximum Gasteiger partial charge on any atom is 0.217 e. The molecule has 0 radical (unpaired) electrons. The molecule has 824 valence electrons. The molecular formula is C80H133N7O56. The van der Waals surface area contributed by atoms with E-state index in [0.717, 1.165) is 48.5 Å². The molecule has 11 aliphatic heterocycles. The third kappa shape index (κ3) is 26.9. The summed E-state index contributed by atoms with van der Waals surface area (Å²) in [5.41, 5.74) is 0. The molecule has 11 heterocycles. The van der Waals surface area contributed by atoms with Crippen molar-refractivity contribution in [1.82, 2.24) is 37.2 Å². The molecule has 63 nitrogen and oxygen atoms in total. The van der Waals surface area contributed by atoms with E-state index in [1.807, 2.05) is 0 Å². The Morgan fingerprint density at radius 2 is 0.406 bits per heavy atom. The second-order valence-corrected chi connectivity index (χ2v) is 36.0. The number of ether oxygens (including phenoxy) is 21. The first-order valence-electron chi connectivity index (χ1n) is 45.6. The fourth-order valence-corrected chi connectivity index (χ4v) is 18.5. The van der Waals surface area contributed by atoms with E-state index < -0.39 is 451 Å². The third-order valence-corrected chi connectivity index (χ3v) is 25.8. The molecule has 11 aliphatic rings. The second-order valence-electron chi connectivity index (χ2n) is 36.0. The van der Waals surface area contributed by atoms with Gasteiger partial charge in [-0.1, -0.05) is 0 Å². The highest BCUT2D eigenvalue weighted by molar-refractivity contribution is 5.75. The monoisotopic (exact) mass is 2090 g/mol. The van der Waals surface area contributed by atoms with Crippen molar-refractivity contribution < 1.29 is 276 Å². The van der Waals surface area contributed by atoms with Crippen LogP contribution in [0.5, 0.6) is 0 Å².